The molecule has 2 rings (SSSR count). The van der Waals surface area contributed by atoms with E-state index in [1.807, 2.05) is 47.6 Å². The highest BCUT2D eigenvalue weighted by molar-refractivity contribution is 6.24. The molecule has 180 valence electrons. The van der Waals surface area contributed by atoms with Gasteiger partial charge in [-0.15, -0.1) is 19.0 Å². The van der Waals surface area contributed by atoms with Crippen LogP contribution in [0.15, 0.2) is 0 Å². The summed E-state index contributed by atoms with van der Waals surface area (Å²) in [4.78, 5) is 7.70. The number of nitrogens with two attached hydrogens (primary N) is 1. The van der Waals surface area contributed by atoms with Crippen LogP contribution in [-0.4, -0.2) is 118 Å². The third-order valence-corrected chi connectivity index (χ3v) is 2.38. The third-order valence-electron chi connectivity index (χ3n) is 2.21. The van der Waals surface area contributed by atoms with Gasteiger partial charge in [0.15, 0.2) is 0 Å². The van der Waals surface area contributed by atoms with Gasteiger partial charge in [0.1, 0.15) is 0 Å². The molecule has 2 aliphatic heterocycles. The van der Waals surface area contributed by atoms with Crippen molar-refractivity contribution in [1.82, 2.24) is 25.8 Å². The summed E-state index contributed by atoms with van der Waals surface area (Å²) in [7, 11) is 12.2. The fourth-order valence-corrected chi connectivity index (χ4v) is 0.950. The molecule has 11 heteroatoms. The Hall–Kier alpha value is 0.550. The van der Waals surface area contributed by atoms with Crippen LogP contribution in [0.3, 0.4) is 0 Å². The fourth-order valence-electron chi connectivity index (χ4n) is 0.865. The van der Waals surface area contributed by atoms with E-state index in [0.717, 1.165) is 32.7 Å². The van der Waals surface area contributed by atoms with E-state index >= 15 is 0 Å². The lowest BCUT2D eigenvalue weighted by Gasteiger charge is -2.12. The van der Waals surface area contributed by atoms with Gasteiger partial charge in [-0.25, -0.2) is 0 Å². The predicted molar refractivity (Wildman–Crippen MR) is 125 cm³/mol. The zero-order valence-corrected chi connectivity index (χ0v) is 20.7. The van der Waals surface area contributed by atoms with Crippen LogP contribution in [0, 0.1) is 0 Å². The first-order valence-corrected chi connectivity index (χ1v) is 9.52. The fraction of sp³-hybridized carbons (Fsp3) is 1.00. The van der Waals surface area contributed by atoms with Gasteiger partial charge in [-0.1, -0.05) is 7.43 Å². The van der Waals surface area contributed by atoms with Crippen molar-refractivity contribution in [2.45, 2.75) is 7.43 Å². The summed E-state index contributed by atoms with van der Waals surface area (Å²) in [6.45, 7) is 10.7. The molecule has 0 aromatic rings. The summed E-state index contributed by atoms with van der Waals surface area (Å²) >= 11 is 5.12. The van der Waals surface area contributed by atoms with Gasteiger partial charge >= 0.3 is 0 Å². The molecule has 0 amide bonds. The molecule has 0 spiro atoms. The van der Waals surface area contributed by atoms with Gasteiger partial charge in [-0.05, 0) is 34.7 Å². The molecule has 0 aliphatic carbocycles. The molecule has 0 atom stereocenters. The molecule has 8 N–H and O–H groups in total. The Kier molecular flexibility index (Phi) is 63.6. The summed E-state index contributed by atoms with van der Waals surface area (Å²) in [6, 6.07) is 0. The Morgan fingerprint density at radius 3 is 1.50 bits per heavy atom. The van der Waals surface area contributed by atoms with E-state index in [4.69, 9.17) is 11.8 Å². The quantitative estimate of drug-likeness (QED) is 0.180. The maximum absolute atomic E-state index is 5.12. The van der Waals surface area contributed by atoms with Crippen molar-refractivity contribution in [3.63, 3.8) is 0 Å². The molecular formula is C17H51Cl3N8. The lowest BCUT2D eigenvalue weighted by atomic mass is 10.5. The van der Waals surface area contributed by atoms with E-state index in [-0.39, 0.29) is 32.2 Å². The van der Waals surface area contributed by atoms with Gasteiger partial charge in [-0.3, -0.25) is 11.8 Å². The highest BCUT2D eigenvalue weighted by Crippen LogP contribution is 1.86. The molecule has 0 bridgehead atoms. The molecule has 0 unspecified atom stereocenters. The SMILES string of the molecule is C.C1CN1.C1CN1.CN(C)CCNCC[N-]Cl.CN(C)CC[NH3+].C[NH2+]C.Cl.[Cl-]. The third kappa shape index (κ3) is 110. The molecule has 2 saturated heterocycles. The molecular weight excluding hydrogens is 423 g/mol. The summed E-state index contributed by atoms with van der Waals surface area (Å²) in [5.41, 5.74) is 3.68. The lowest BCUT2D eigenvalue weighted by molar-refractivity contribution is -0.597. The smallest absolute Gasteiger partial charge is 0.0868 e. The van der Waals surface area contributed by atoms with Crippen LogP contribution in [0.2, 0.25) is 0 Å². The van der Waals surface area contributed by atoms with Crippen LogP contribution in [0.4, 0.5) is 0 Å². The number of hydrogen-bond donors (Lipinski definition) is 5. The van der Waals surface area contributed by atoms with Gasteiger partial charge in [-0.2, -0.15) is 0 Å². The lowest BCUT2D eigenvalue weighted by Crippen LogP contribution is -3.00. The first-order chi connectivity index (χ1) is 12.0. The Bertz CT molecular complexity index is 201. The van der Waals surface area contributed by atoms with Crippen molar-refractivity contribution in [2.75, 3.05) is 108 Å². The number of quaternary nitrogens is 2. The predicted octanol–water partition coefficient (Wildman–Crippen LogP) is -4.49. The maximum Gasteiger partial charge on any atom is 0.0868 e. The zero-order valence-electron chi connectivity index (χ0n) is 18.4. The zero-order chi connectivity index (χ0) is 19.8. The number of nitrogens with one attached hydrogen (secondary N) is 3. The Balaban J connectivity index is -0.0000000576. The average molecular weight is 474 g/mol. The van der Waals surface area contributed by atoms with Crippen LogP contribution in [-0.2, 0) is 0 Å². The van der Waals surface area contributed by atoms with E-state index in [1.165, 1.54) is 26.2 Å². The van der Waals surface area contributed by atoms with Gasteiger partial charge in [0.05, 0.1) is 20.6 Å². The normalized spacial score (nSPS) is 11.8. The van der Waals surface area contributed by atoms with Crippen molar-refractivity contribution >= 4 is 24.2 Å². The van der Waals surface area contributed by atoms with E-state index in [9.17, 15) is 0 Å². The second-order valence-electron chi connectivity index (χ2n) is 6.13. The van der Waals surface area contributed by atoms with E-state index < -0.39 is 0 Å². The topological polar surface area (TPSA) is 121 Å². The van der Waals surface area contributed by atoms with Crippen LogP contribution in [0.1, 0.15) is 7.43 Å². The van der Waals surface area contributed by atoms with Gasteiger partial charge in [0, 0.05) is 45.8 Å². The van der Waals surface area contributed by atoms with Crippen molar-refractivity contribution in [3.8, 4) is 0 Å². The molecule has 0 aromatic heterocycles. The van der Waals surface area contributed by atoms with Crippen LogP contribution in [0.25, 0.3) is 4.84 Å². The molecule has 0 radical (unpaired) electrons. The van der Waals surface area contributed by atoms with Gasteiger partial charge < -0.3 is 54.0 Å². The second-order valence-corrected chi connectivity index (χ2v) is 6.37. The number of nitrogens with zero attached hydrogens (tertiary/aromatic N) is 3. The van der Waals surface area contributed by atoms with Crippen molar-refractivity contribution in [1.29, 1.82) is 0 Å². The van der Waals surface area contributed by atoms with Crippen molar-refractivity contribution in [3.05, 3.63) is 4.84 Å². The highest BCUT2D eigenvalue weighted by atomic mass is 35.5. The number of rotatable bonds is 8. The number of likely N-dealkylation sites (N-methyl/N-ethyl adjacent to an activating group) is 2. The van der Waals surface area contributed by atoms with Crippen molar-refractivity contribution < 1.29 is 23.5 Å². The largest absolute Gasteiger partial charge is 1.00 e. The Morgan fingerprint density at radius 1 is 0.964 bits per heavy atom. The molecule has 0 saturated carbocycles. The minimum Gasteiger partial charge on any atom is -1.00 e. The van der Waals surface area contributed by atoms with Crippen LogP contribution in [0.5, 0.6) is 0 Å². The van der Waals surface area contributed by atoms with Crippen LogP contribution < -0.4 is 39.4 Å². The average Bonchev–Trinajstić information content (AvgIpc) is 3.42. The van der Waals surface area contributed by atoms with E-state index in [2.05, 4.69) is 36.3 Å². The minimum atomic E-state index is 0. The molecule has 2 heterocycles. The van der Waals surface area contributed by atoms with Crippen molar-refractivity contribution in [2.24, 2.45) is 0 Å². The molecule has 2 aliphatic rings. The number of hydrogen-bond acceptors (Lipinski definition) is 5. The number of halogens is 3. The van der Waals surface area contributed by atoms with E-state index in [1.54, 1.807) is 0 Å². The first kappa shape index (κ1) is 42.6. The van der Waals surface area contributed by atoms with Gasteiger partial charge in [0.2, 0.25) is 0 Å². The first-order valence-electron chi connectivity index (χ1n) is 9.18. The second kappa shape index (κ2) is 41.8. The summed E-state index contributed by atoms with van der Waals surface area (Å²) in [6.07, 6.45) is 0. The Labute approximate surface area is 193 Å². The summed E-state index contributed by atoms with van der Waals surface area (Å²) < 4.78 is 0. The monoisotopic (exact) mass is 472 g/mol. The highest BCUT2D eigenvalue weighted by Gasteiger charge is 1.91. The minimum absolute atomic E-state index is 0. The molecule has 8 nitrogen and oxygen atoms in total. The van der Waals surface area contributed by atoms with Crippen LogP contribution >= 0.6 is 24.2 Å². The molecule has 28 heavy (non-hydrogen) atoms. The maximum atomic E-state index is 5.12. The standard InChI is InChI=1S/C6H15ClN3.C4H12N2.2C2H5N.C2H7N.CH4.2ClH/c1-10(2)6-5-8-3-4-9-7;1-6(2)4-3-5;2*1-2-3-1;1-3-2;;;/h8H,3-6H2,1-2H3;3-5H2,1-2H3;2*3H,1-2H2;3H,1-2H3;1H4;2*1H/q-1;;;;;;;/p+1. The summed E-state index contributed by atoms with van der Waals surface area (Å²) in [5, 5.41) is 11.2. The summed E-state index contributed by atoms with van der Waals surface area (Å²) in [5.74, 6) is 0. The molecule has 0 aromatic carbocycles. The van der Waals surface area contributed by atoms with Gasteiger partial charge in [0.25, 0.3) is 0 Å². The Morgan fingerprint density at radius 2 is 1.32 bits per heavy atom. The molecule has 2 fully saturated rings. The van der Waals surface area contributed by atoms with E-state index in [0.29, 0.717) is 6.54 Å².